The molecule has 1 atom stereocenters. The van der Waals surface area contributed by atoms with Crippen LogP contribution in [0.2, 0.25) is 0 Å². The molecule has 1 unspecified atom stereocenters. The number of ether oxygens (including phenoxy) is 1. The van der Waals surface area contributed by atoms with Gasteiger partial charge in [-0.25, -0.2) is 0 Å². The third-order valence-electron chi connectivity index (χ3n) is 3.26. The molecule has 1 rings (SSSR count). The molecule has 1 aliphatic rings. The van der Waals surface area contributed by atoms with Crippen LogP contribution >= 0.6 is 0 Å². The molecule has 1 N–H and O–H groups in total. The van der Waals surface area contributed by atoms with Crippen LogP contribution < -0.4 is 5.32 Å². The minimum Gasteiger partial charge on any atom is -0.373 e. The van der Waals surface area contributed by atoms with Gasteiger partial charge in [0.05, 0.1) is 11.6 Å². The van der Waals surface area contributed by atoms with Crippen LogP contribution in [0, 0.1) is 0 Å². The molecular weight excluding hydrogens is 186 g/mol. The van der Waals surface area contributed by atoms with Gasteiger partial charge in [0.15, 0.2) is 0 Å². The van der Waals surface area contributed by atoms with Crippen molar-refractivity contribution in [2.24, 2.45) is 0 Å². The molecule has 0 aromatic carbocycles. The third kappa shape index (κ3) is 3.05. The van der Waals surface area contributed by atoms with Gasteiger partial charge >= 0.3 is 0 Å². The highest BCUT2D eigenvalue weighted by atomic mass is 16.5. The average molecular weight is 211 g/mol. The van der Waals surface area contributed by atoms with Gasteiger partial charge in [0.1, 0.15) is 0 Å². The van der Waals surface area contributed by atoms with Crippen molar-refractivity contribution in [3.63, 3.8) is 0 Å². The van der Waals surface area contributed by atoms with Crippen LogP contribution in [-0.4, -0.2) is 25.3 Å². The van der Waals surface area contributed by atoms with Crippen molar-refractivity contribution in [3.8, 4) is 0 Å². The van der Waals surface area contributed by atoms with E-state index in [1.54, 1.807) is 0 Å². The van der Waals surface area contributed by atoms with E-state index in [-0.39, 0.29) is 5.60 Å². The average Bonchev–Trinajstić information content (AvgIpc) is 2.64. The molecule has 1 saturated carbocycles. The van der Waals surface area contributed by atoms with E-state index >= 15 is 0 Å². The normalized spacial score (nSPS) is 21.3. The van der Waals surface area contributed by atoms with Gasteiger partial charge in [0.2, 0.25) is 0 Å². The summed E-state index contributed by atoms with van der Waals surface area (Å²) < 4.78 is 6.04. The number of allylic oxidation sites excluding steroid dienone is 1. The number of hydrogen-bond donors (Lipinski definition) is 1. The molecule has 15 heavy (non-hydrogen) atoms. The summed E-state index contributed by atoms with van der Waals surface area (Å²) in [6.45, 7) is 7.21. The molecule has 0 aliphatic heterocycles. The molecule has 0 radical (unpaired) electrons. The third-order valence-corrected chi connectivity index (χ3v) is 3.26. The highest BCUT2D eigenvalue weighted by Gasteiger charge is 2.40. The van der Waals surface area contributed by atoms with Gasteiger partial charge in [-0.3, -0.25) is 0 Å². The maximum atomic E-state index is 6.04. The Labute approximate surface area is 94.1 Å². The number of rotatable bonds is 5. The minimum absolute atomic E-state index is 0.0563. The Morgan fingerprint density at radius 3 is 2.40 bits per heavy atom. The molecule has 0 amide bonds. The van der Waals surface area contributed by atoms with Crippen molar-refractivity contribution in [1.82, 2.24) is 5.32 Å². The lowest BCUT2D eigenvalue weighted by molar-refractivity contribution is -0.0490. The number of nitrogens with one attached hydrogen (secondary N) is 1. The second-order valence-corrected chi connectivity index (χ2v) is 4.72. The lowest BCUT2D eigenvalue weighted by atomic mass is 9.90. The van der Waals surface area contributed by atoms with Gasteiger partial charge in [-0.15, -0.1) is 0 Å². The zero-order chi connectivity index (χ0) is 11.3. The fourth-order valence-electron chi connectivity index (χ4n) is 2.64. The van der Waals surface area contributed by atoms with Crippen LogP contribution in [0.4, 0.5) is 0 Å². The summed E-state index contributed by atoms with van der Waals surface area (Å²) in [5, 5.41) is 3.40. The summed E-state index contributed by atoms with van der Waals surface area (Å²) in [5.74, 6) is 0. The first-order chi connectivity index (χ1) is 7.14. The zero-order valence-corrected chi connectivity index (χ0v) is 10.6. The van der Waals surface area contributed by atoms with Gasteiger partial charge in [-0.05, 0) is 40.7 Å². The van der Waals surface area contributed by atoms with E-state index in [0.717, 1.165) is 6.61 Å². The summed E-state index contributed by atoms with van der Waals surface area (Å²) in [7, 11) is 2.03. The van der Waals surface area contributed by atoms with Gasteiger partial charge in [0, 0.05) is 6.61 Å². The van der Waals surface area contributed by atoms with Crippen LogP contribution in [0.25, 0.3) is 0 Å². The van der Waals surface area contributed by atoms with Crippen LogP contribution in [0.5, 0.6) is 0 Å². The second kappa shape index (κ2) is 5.66. The van der Waals surface area contributed by atoms with Gasteiger partial charge in [0.25, 0.3) is 0 Å². The molecule has 88 valence electrons. The van der Waals surface area contributed by atoms with Gasteiger partial charge in [-0.1, -0.05) is 24.5 Å². The van der Waals surface area contributed by atoms with E-state index in [1.807, 2.05) is 7.05 Å². The van der Waals surface area contributed by atoms with Gasteiger partial charge < -0.3 is 10.1 Å². The van der Waals surface area contributed by atoms with Crippen molar-refractivity contribution < 1.29 is 4.74 Å². The largest absolute Gasteiger partial charge is 0.373 e. The van der Waals surface area contributed by atoms with E-state index in [0.29, 0.717) is 6.04 Å². The summed E-state index contributed by atoms with van der Waals surface area (Å²) in [4.78, 5) is 0. The molecule has 0 aromatic rings. The molecule has 2 heteroatoms. The molecular formula is C13H25NO. The van der Waals surface area contributed by atoms with Crippen molar-refractivity contribution in [1.29, 1.82) is 0 Å². The highest BCUT2D eigenvalue weighted by Crippen LogP contribution is 2.36. The van der Waals surface area contributed by atoms with Crippen LogP contribution in [0.3, 0.4) is 0 Å². The first kappa shape index (κ1) is 12.7. The maximum absolute atomic E-state index is 6.04. The van der Waals surface area contributed by atoms with Crippen molar-refractivity contribution in [2.45, 2.75) is 58.1 Å². The highest BCUT2D eigenvalue weighted by molar-refractivity contribution is 5.11. The standard InChI is InChI=1S/C13H25NO/c1-5-15-13(8-6-7-9-13)12(14-4)10-11(2)3/h10,12,14H,5-9H2,1-4H3. The number of hydrogen-bond acceptors (Lipinski definition) is 2. The fraction of sp³-hybridized carbons (Fsp3) is 0.846. The molecule has 0 heterocycles. The molecule has 0 spiro atoms. The Hall–Kier alpha value is -0.340. The monoisotopic (exact) mass is 211 g/mol. The fourth-order valence-corrected chi connectivity index (χ4v) is 2.64. The predicted molar refractivity (Wildman–Crippen MR) is 65.1 cm³/mol. The molecule has 0 saturated heterocycles. The van der Waals surface area contributed by atoms with Crippen LogP contribution in [0.15, 0.2) is 11.6 Å². The Bertz CT molecular complexity index is 213. The van der Waals surface area contributed by atoms with E-state index in [1.165, 1.54) is 31.3 Å². The zero-order valence-electron chi connectivity index (χ0n) is 10.6. The molecule has 0 bridgehead atoms. The lowest BCUT2D eigenvalue weighted by Gasteiger charge is -2.36. The van der Waals surface area contributed by atoms with Crippen LogP contribution in [0.1, 0.15) is 46.5 Å². The molecule has 2 nitrogen and oxygen atoms in total. The van der Waals surface area contributed by atoms with E-state index in [4.69, 9.17) is 4.74 Å². The van der Waals surface area contributed by atoms with Crippen molar-refractivity contribution in [2.75, 3.05) is 13.7 Å². The summed E-state index contributed by atoms with van der Waals surface area (Å²) in [6, 6.07) is 0.366. The Morgan fingerprint density at radius 1 is 1.40 bits per heavy atom. The van der Waals surface area contributed by atoms with Gasteiger partial charge in [-0.2, -0.15) is 0 Å². The smallest absolute Gasteiger partial charge is 0.0870 e. The molecule has 1 fully saturated rings. The maximum Gasteiger partial charge on any atom is 0.0870 e. The summed E-state index contributed by atoms with van der Waals surface area (Å²) in [5.41, 5.74) is 1.42. The van der Waals surface area contributed by atoms with Crippen molar-refractivity contribution in [3.05, 3.63) is 11.6 Å². The quantitative estimate of drug-likeness (QED) is 0.706. The van der Waals surface area contributed by atoms with E-state index in [2.05, 4.69) is 32.2 Å². The Morgan fingerprint density at radius 2 is 2.00 bits per heavy atom. The number of likely N-dealkylation sites (N-methyl/N-ethyl adjacent to an activating group) is 1. The summed E-state index contributed by atoms with van der Waals surface area (Å²) in [6.07, 6.45) is 7.29. The first-order valence-electron chi connectivity index (χ1n) is 6.11. The Balaban J connectivity index is 2.80. The first-order valence-corrected chi connectivity index (χ1v) is 6.11. The minimum atomic E-state index is 0.0563. The SMILES string of the molecule is CCOC1(C(C=C(C)C)NC)CCCC1. The van der Waals surface area contributed by atoms with E-state index in [9.17, 15) is 0 Å². The van der Waals surface area contributed by atoms with Crippen molar-refractivity contribution >= 4 is 0 Å². The topological polar surface area (TPSA) is 21.3 Å². The van der Waals surface area contributed by atoms with Crippen LogP contribution in [-0.2, 0) is 4.74 Å². The predicted octanol–water partition coefficient (Wildman–Crippen LogP) is 2.89. The van der Waals surface area contributed by atoms with E-state index < -0.39 is 0 Å². The second-order valence-electron chi connectivity index (χ2n) is 4.72. The molecule has 1 aliphatic carbocycles. The molecule has 0 aromatic heterocycles. The lowest BCUT2D eigenvalue weighted by Crippen LogP contribution is -2.48. The summed E-state index contributed by atoms with van der Waals surface area (Å²) >= 11 is 0. The Kier molecular flexibility index (Phi) is 4.81.